The lowest BCUT2D eigenvalue weighted by Gasteiger charge is -2.11. The van der Waals surface area contributed by atoms with E-state index in [1.54, 1.807) is 36.5 Å². The summed E-state index contributed by atoms with van der Waals surface area (Å²) < 4.78 is 43.3. The monoisotopic (exact) mass is 415 g/mol. The highest BCUT2D eigenvalue weighted by Crippen LogP contribution is 2.30. The van der Waals surface area contributed by atoms with E-state index < -0.39 is 11.7 Å². The highest BCUT2D eigenvalue weighted by molar-refractivity contribution is 5.86. The molecule has 1 aliphatic rings. The van der Waals surface area contributed by atoms with Crippen LogP contribution >= 0.6 is 0 Å². The Morgan fingerprint density at radius 2 is 1.87 bits per heavy atom. The number of hydrogen-bond donors (Lipinski definition) is 2. The van der Waals surface area contributed by atoms with Gasteiger partial charge in [0, 0.05) is 30.6 Å². The molecule has 1 unspecified atom stereocenters. The van der Waals surface area contributed by atoms with Gasteiger partial charge in [0.25, 0.3) is 0 Å². The molecule has 3 aromatic rings. The average molecular weight is 415 g/mol. The van der Waals surface area contributed by atoms with Gasteiger partial charge in [0.15, 0.2) is 5.82 Å². The summed E-state index contributed by atoms with van der Waals surface area (Å²) >= 11 is 0. The summed E-state index contributed by atoms with van der Waals surface area (Å²) in [5.74, 6) is 1.39. The quantitative estimate of drug-likeness (QED) is 0.661. The van der Waals surface area contributed by atoms with Gasteiger partial charge in [-0.05, 0) is 42.8 Å². The van der Waals surface area contributed by atoms with Crippen molar-refractivity contribution in [1.82, 2.24) is 20.3 Å². The first-order chi connectivity index (χ1) is 14.4. The summed E-state index contributed by atoms with van der Waals surface area (Å²) in [5, 5.41) is 5.84. The van der Waals surface area contributed by atoms with Crippen molar-refractivity contribution in [3.8, 4) is 23.0 Å². The molecule has 2 aromatic heterocycles. The van der Waals surface area contributed by atoms with Crippen LogP contribution < -0.4 is 15.4 Å². The minimum absolute atomic E-state index is 0.0491. The molecule has 0 radical (unpaired) electrons. The molecule has 0 aliphatic carbocycles. The molecule has 1 saturated heterocycles. The second-order valence-electron chi connectivity index (χ2n) is 6.55. The number of carbonyl (C=O) groups is 1. The highest BCUT2D eigenvalue weighted by atomic mass is 19.4. The van der Waals surface area contributed by atoms with Crippen LogP contribution in [0.2, 0.25) is 0 Å². The van der Waals surface area contributed by atoms with Crippen molar-refractivity contribution in [2.75, 3.05) is 11.9 Å². The fourth-order valence-corrected chi connectivity index (χ4v) is 2.89. The molecule has 1 fully saturated rings. The lowest BCUT2D eigenvalue weighted by Crippen LogP contribution is -2.29. The fourth-order valence-electron chi connectivity index (χ4n) is 2.89. The molecule has 2 N–H and O–H groups in total. The Labute approximate surface area is 169 Å². The molecule has 1 amide bonds. The third-order valence-electron chi connectivity index (χ3n) is 4.43. The lowest BCUT2D eigenvalue weighted by molar-refractivity contribution is -0.137. The maximum absolute atomic E-state index is 12.6. The van der Waals surface area contributed by atoms with Crippen LogP contribution in [0.25, 0.3) is 11.4 Å². The molecule has 1 aromatic carbocycles. The van der Waals surface area contributed by atoms with Gasteiger partial charge in [0.2, 0.25) is 11.8 Å². The van der Waals surface area contributed by atoms with Gasteiger partial charge in [-0.2, -0.15) is 13.2 Å². The Bertz CT molecular complexity index is 1040. The van der Waals surface area contributed by atoms with Gasteiger partial charge in [-0.25, -0.2) is 15.0 Å². The number of carbonyl (C=O) groups excluding carboxylic acids is 1. The molecule has 1 atom stereocenters. The number of alkyl halides is 3. The zero-order valence-corrected chi connectivity index (χ0v) is 15.5. The first-order valence-corrected chi connectivity index (χ1v) is 9.07. The number of halogens is 3. The summed E-state index contributed by atoms with van der Waals surface area (Å²) in [6.07, 6.45) is -1.45. The number of amides is 1. The van der Waals surface area contributed by atoms with Gasteiger partial charge >= 0.3 is 6.18 Å². The van der Waals surface area contributed by atoms with E-state index in [9.17, 15) is 18.0 Å². The van der Waals surface area contributed by atoms with Crippen molar-refractivity contribution >= 4 is 11.7 Å². The standard InChI is InChI=1S/C20H16F3N5O2/c21-20(22,23)13-3-6-17(26-11-13)30-14-4-1-12(2-5-14)18-24-10-8-16(28-18)27-15-7-9-25-19(15)29/h1-6,8,10-11,15H,7,9H2,(H,25,29)(H,24,27,28). The number of hydrogen-bond acceptors (Lipinski definition) is 6. The lowest BCUT2D eigenvalue weighted by atomic mass is 10.2. The number of pyridine rings is 1. The molecule has 10 heteroatoms. The molecule has 0 spiro atoms. The third-order valence-corrected chi connectivity index (χ3v) is 4.43. The van der Waals surface area contributed by atoms with E-state index in [0.29, 0.717) is 35.9 Å². The SMILES string of the molecule is O=C1NCCC1Nc1ccnc(-c2ccc(Oc3ccc(C(F)(F)F)cn3)cc2)n1. The number of benzene rings is 1. The van der Waals surface area contributed by atoms with E-state index in [2.05, 4.69) is 25.6 Å². The van der Waals surface area contributed by atoms with Crippen molar-refractivity contribution in [3.63, 3.8) is 0 Å². The van der Waals surface area contributed by atoms with Crippen molar-refractivity contribution in [2.45, 2.75) is 18.6 Å². The average Bonchev–Trinajstić information content (AvgIpc) is 3.13. The summed E-state index contributed by atoms with van der Waals surface area (Å²) in [5.41, 5.74) is -0.131. The second-order valence-corrected chi connectivity index (χ2v) is 6.55. The zero-order chi connectivity index (χ0) is 21.1. The predicted molar refractivity (Wildman–Crippen MR) is 102 cm³/mol. The topological polar surface area (TPSA) is 89.0 Å². The first kappa shape index (κ1) is 19.6. The van der Waals surface area contributed by atoms with Gasteiger partial charge in [0.05, 0.1) is 5.56 Å². The number of aromatic nitrogens is 3. The summed E-state index contributed by atoms with van der Waals surface area (Å²) in [4.78, 5) is 24.0. The number of nitrogens with zero attached hydrogens (tertiary/aromatic N) is 3. The van der Waals surface area contributed by atoms with Gasteiger partial charge in [-0.3, -0.25) is 4.79 Å². The van der Waals surface area contributed by atoms with E-state index in [1.165, 1.54) is 0 Å². The molecule has 1 aliphatic heterocycles. The molecule has 4 rings (SSSR count). The van der Waals surface area contributed by atoms with Crippen molar-refractivity contribution < 1.29 is 22.7 Å². The van der Waals surface area contributed by atoms with Gasteiger partial charge in [-0.15, -0.1) is 0 Å². The maximum Gasteiger partial charge on any atom is 0.417 e. The minimum atomic E-state index is -4.45. The van der Waals surface area contributed by atoms with Crippen LogP contribution in [0.5, 0.6) is 11.6 Å². The van der Waals surface area contributed by atoms with Crippen LogP contribution in [0.3, 0.4) is 0 Å². The van der Waals surface area contributed by atoms with Crippen LogP contribution in [-0.2, 0) is 11.0 Å². The Hall–Kier alpha value is -3.69. The zero-order valence-electron chi connectivity index (χ0n) is 15.5. The summed E-state index contributed by atoms with van der Waals surface area (Å²) in [6.45, 7) is 0.629. The Kier molecular flexibility index (Phi) is 5.21. The van der Waals surface area contributed by atoms with Gasteiger partial charge in [0.1, 0.15) is 17.6 Å². The summed E-state index contributed by atoms with van der Waals surface area (Å²) in [6, 6.07) is 10.2. The van der Waals surface area contributed by atoms with E-state index in [1.807, 2.05) is 0 Å². The molecule has 0 saturated carbocycles. The number of rotatable bonds is 5. The second kappa shape index (κ2) is 7.97. The predicted octanol–water partition coefficient (Wildman–Crippen LogP) is 3.65. The molecule has 30 heavy (non-hydrogen) atoms. The fraction of sp³-hybridized carbons (Fsp3) is 0.200. The van der Waals surface area contributed by atoms with E-state index >= 15 is 0 Å². The number of anilines is 1. The van der Waals surface area contributed by atoms with E-state index in [0.717, 1.165) is 18.3 Å². The van der Waals surface area contributed by atoms with Crippen molar-refractivity contribution in [1.29, 1.82) is 0 Å². The molecule has 0 bridgehead atoms. The first-order valence-electron chi connectivity index (χ1n) is 9.07. The minimum Gasteiger partial charge on any atom is -0.439 e. The maximum atomic E-state index is 12.6. The Morgan fingerprint density at radius 3 is 2.50 bits per heavy atom. The largest absolute Gasteiger partial charge is 0.439 e. The normalized spacial score (nSPS) is 16.2. The smallest absolute Gasteiger partial charge is 0.417 e. The number of ether oxygens (including phenoxy) is 1. The van der Waals surface area contributed by atoms with E-state index in [4.69, 9.17) is 4.74 Å². The van der Waals surface area contributed by atoms with Crippen LogP contribution in [0.15, 0.2) is 54.9 Å². The van der Waals surface area contributed by atoms with Crippen LogP contribution in [0.1, 0.15) is 12.0 Å². The Balaban J connectivity index is 1.44. The molecule has 7 nitrogen and oxygen atoms in total. The Morgan fingerprint density at radius 1 is 1.07 bits per heavy atom. The number of nitrogens with one attached hydrogen (secondary N) is 2. The molecule has 3 heterocycles. The molecular formula is C20H16F3N5O2. The van der Waals surface area contributed by atoms with Crippen LogP contribution in [-0.4, -0.2) is 33.4 Å². The molecular weight excluding hydrogens is 399 g/mol. The highest BCUT2D eigenvalue weighted by Gasteiger charge is 2.30. The van der Waals surface area contributed by atoms with E-state index in [-0.39, 0.29) is 17.8 Å². The van der Waals surface area contributed by atoms with Gasteiger partial charge in [-0.1, -0.05) is 0 Å². The summed E-state index contributed by atoms with van der Waals surface area (Å²) in [7, 11) is 0. The molecule has 154 valence electrons. The van der Waals surface area contributed by atoms with Gasteiger partial charge < -0.3 is 15.4 Å². The van der Waals surface area contributed by atoms with Crippen LogP contribution in [0.4, 0.5) is 19.0 Å². The van der Waals surface area contributed by atoms with Crippen molar-refractivity contribution in [2.24, 2.45) is 0 Å². The van der Waals surface area contributed by atoms with Crippen LogP contribution in [0, 0.1) is 0 Å². The third kappa shape index (κ3) is 4.48. The van der Waals surface area contributed by atoms with Crippen molar-refractivity contribution in [3.05, 3.63) is 60.4 Å².